The summed E-state index contributed by atoms with van der Waals surface area (Å²) in [6, 6.07) is 19.9. The van der Waals surface area contributed by atoms with Gasteiger partial charge in [-0.3, -0.25) is 4.98 Å². The molecule has 3 aromatic rings. The minimum Gasteiger partial charge on any atom is -0.467 e. The van der Waals surface area contributed by atoms with E-state index in [9.17, 15) is 4.39 Å². The van der Waals surface area contributed by atoms with E-state index in [0.717, 1.165) is 16.7 Å². The second kappa shape index (κ2) is 6.24. The smallest absolute Gasteiger partial charge is 0.217 e. The van der Waals surface area contributed by atoms with E-state index in [4.69, 9.17) is 9.73 Å². The van der Waals surface area contributed by atoms with Crippen molar-refractivity contribution < 1.29 is 9.13 Å². The van der Waals surface area contributed by atoms with Crippen LogP contribution in [0.2, 0.25) is 0 Å². The van der Waals surface area contributed by atoms with E-state index in [1.807, 2.05) is 42.5 Å². The Kier molecular flexibility index (Phi) is 3.79. The van der Waals surface area contributed by atoms with Gasteiger partial charge in [-0.1, -0.05) is 30.3 Å². The van der Waals surface area contributed by atoms with Gasteiger partial charge >= 0.3 is 0 Å². The number of ether oxygens (including phenoxy) is 1. The van der Waals surface area contributed by atoms with Gasteiger partial charge in [-0.15, -0.1) is 0 Å². The monoisotopic (exact) mass is 318 g/mol. The van der Waals surface area contributed by atoms with Crippen molar-refractivity contribution in [2.24, 2.45) is 4.99 Å². The Balaban J connectivity index is 1.74. The molecule has 4 rings (SSSR count). The highest BCUT2D eigenvalue weighted by Crippen LogP contribution is 2.40. The zero-order valence-electron chi connectivity index (χ0n) is 12.8. The van der Waals surface area contributed by atoms with Crippen molar-refractivity contribution in [3.05, 3.63) is 102 Å². The third kappa shape index (κ3) is 2.78. The first-order valence-electron chi connectivity index (χ1n) is 7.76. The van der Waals surface area contributed by atoms with Crippen molar-refractivity contribution in [1.29, 1.82) is 0 Å². The molecule has 118 valence electrons. The first-order valence-corrected chi connectivity index (χ1v) is 7.76. The Morgan fingerprint density at radius 1 is 0.792 bits per heavy atom. The van der Waals surface area contributed by atoms with Gasteiger partial charge in [0, 0.05) is 18.0 Å². The van der Waals surface area contributed by atoms with Crippen LogP contribution in [0.5, 0.6) is 0 Å². The van der Waals surface area contributed by atoms with Crippen molar-refractivity contribution in [3.63, 3.8) is 0 Å². The highest BCUT2D eigenvalue weighted by molar-refractivity contribution is 5.95. The largest absolute Gasteiger partial charge is 0.467 e. The lowest BCUT2D eigenvalue weighted by Gasteiger charge is -2.18. The van der Waals surface area contributed by atoms with Crippen molar-refractivity contribution in [2.75, 3.05) is 0 Å². The van der Waals surface area contributed by atoms with Crippen LogP contribution in [0.4, 0.5) is 4.39 Å². The predicted molar refractivity (Wildman–Crippen MR) is 90.2 cm³/mol. The summed E-state index contributed by atoms with van der Waals surface area (Å²) in [5, 5.41) is 0. The Bertz CT molecular complexity index is 848. The third-order valence-corrected chi connectivity index (χ3v) is 4.05. The zero-order valence-corrected chi connectivity index (χ0v) is 12.8. The molecule has 0 bridgehead atoms. The number of halogens is 1. The van der Waals surface area contributed by atoms with Crippen LogP contribution < -0.4 is 0 Å². The standard InChI is InChI=1S/C20H15FN2O/c21-17-8-6-15(7-9-17)19-18(14-10-12-22-13-11-14)23-20(24-19)16-4-2-1-3-5-16/h1-13,18-19H/t18?,19-/m0/s1. The molecule has 0 saturated heterocycles. The number of rotatable bonds is 3. The van der Waals surface area contributed by atoms with Gasteiger partial charge in [0.2, 0.25) is 5.90 Å². The molecular weight excluding hydrogens is 303 g/mol. The summed E-state index contributed by atoms with van der Waals surface area (Å²) in [6.07, 6.45) is 3.20. The fourth-order valence-corrected chi connectivity index (χ4v) is 2.85. The molecule has 2 heterocycles. The number of aliphatic imine (C=N–C) groups is 1. The van der Waals surface area contributed by atoms with Crippen molar-refractivity contribution in [3.8, 4) is 0 Å². The van der Waals surface area contributed by atoms with Gasteiger partial charge in [0.15, 0.2) is 6.10 Å². The molecular formula is C20H15FN2O. The van der Waals surface area contributed by atoms with Crippen LogP contribution in [0.25, 0.3) is 0 Å². The number of pyridine rings is 1. The van der Waals surface area contributed by atoms with Gasteiger partial charge < -0.3 is 4.74 Å². The molecule has 2 aromatic carbocycles. The van der Waals surface area contributed by atoms with E-state index in [1.165, 1.54) is 12.1 Å². The maximum atomic E-state index is 13.3. The van der Waals surface area contributed by atoms with E-state index in [2.05, 4.69) is 4.98 Å². The third-order valence-electron chi connectivity index (χ3n) is 4.05. The Morgan fingerprint density at radius 2 is 1.50 bits per heavy atom. The van der Waals surface area contributed by atoms with Crippen molar-refractivity contribution >= 4 is 5.90 Å². The number of benzene rings is 2. The second-order valence-electron chi connectivity index (χ2n) is 5.62. The number of nitrogens with zero attached hydrogens (tertiary/aromatic N) is 2. The second-order valence-corrected chi connectivity index (χ2v) is 5.62. The van der Waals surface area contributed by atoms with Gasteiger partial charge in [-0.05, 0) is 47.5 Å². The average molecular weight is 318 g/mol. The van der Waals surface area contributed by atoms with Crippen molar-refractivity contribution in [2.45, 2.75) is 12.1 Å². The van der Waals surface area contributed by atoms with Crippen molar-refractivity contribution in [1.82, 2.24) is 4.98 Å². The molecule has 0 N–H and O–H groups in total. The molecule has 1 aromatic heterocycles. The normalized spacial score (nSPS) is 19.6. The Morgan fingerprint density at radius 3 is 2.21 bits per heavy atom. The fraction of sp³-hybridized carbons (Fsp3) is 0.100. The fourth-order valence-electron chi connectivity index (χ4n) is 2.85. The van der Waals surface area contributed by atoms with Gasteiger partial charge in [0.1, 0.15) is 11.9 Å². The average Bonchev–Trinajstić information content (AvgIpc) is 3.09. The molecule has 1 aliphatic heterocycles. The van der Waals surface area contributed by atoms with Gasteiger partial charge in [0.05, 0.1) is 0 Å². The first-order chi connectivity index (χ1) is 11.8. The van der Waals surface area contributed by atoms with Crippen LogP contribution in [-0.2, 0) is 4.74 Å². The summed E-state index contributed by atoms with van der Waals surface area (Å²) in [5.74, 6) is 0.341. The summed E-state index contributed by atoms with van der Waals surface area (Å²) in [4.78, 5) is 8.85. The maximum Gasteiger partial charge on any atom is 0.217 e. The van der Waals surface area contributed by atoms with E-state index < -0.39 is 0 Å². The molecule has 0 spiro atoms. The quantitative estimate of drug-likeness (QED) is 0.713. The molecule has 0 fully saturated rings. The Labute approximate surface area is 139 Å². The summed E-state index contributed by atoms with van der Waals surface area (Å²) in [6.45, 7) is 0. The van der Waals surface area contributed by atoms with E-state index >= 15 is 0 Å². The molecule has 1 aliphatic rings. The highest BCUT2D eigenvalue weighted by Gasteiger charge is 2.34. The topological polar surface area (TPSA) is 34.5 Å². The SMILES string of the molecule is Fc1ccc([C@@H]2OC(c3ccccc3)=NC2c2ccncc2)cc1. The molecule has 0 radical (unpaired) electrons. The Hall–Kier alpha value is -3.01. The van der Waals surface area contributed by atoms with Crippen LogP contribution in [0.15, 0.2) is 84.1 Å². The van der Waals surface area contributed by atoms with Gasteiger partial charge in [-0.25, -0.2) is 9.38 Å². The lowest BCUT2D eigenvalue weighted by atomic mass is 9.97. The predicted octanol–water partition coefficient (Wildman–Crippen LogP) is 4.48. The minimum absolute atomic E-state index is 0.186. The zero-order chi connectivity index (χ0) is 16.4. The van der Waals surface area contributed by atoms with Gasteiger partial charge in [-0.2, -0.15) is 0 Å². The molecule has 0 aliphatic carbocycles. The molecule has 3 nitrogen and oxygen atoms in total. The minimum atomic E-state index is -0.289. The van der Waals surface area contributed by atoms with E-state index in [-0.39, 0.29) is 18.0 Å². The van der Waals surface area contributed by atoms with Crippen LogP contribution in [0.1, 0.15) is 28.8 Å². The maximum absolute atomic E-state index is 13.3. The van der Waals surface area contributed by atoms with Crippen LogP contribution in [-0.4, -0.2) is 10.9 Å². The molecule has 0 amide bonds. The molecule has 2 atom stereocenters. The summed E-state index contributed by atoms with van der Waals surface area (Å²) < 4.78 is 19.4. The number of hydrogen-bond acceptors (Lipinski definition) is 3. The van der Waals surface area contributed by atoms with Crippen LogP contribution >= 0.6 is 0 Å². The highest BCUT2D eigenvalue weighted by atomic mass is 19.1. The van der Waals surface area contributed by atoms with Crippen LogP contribution in [0.3, 0.4) is 0 Å². The molecule has 0 saturated carbocycles. The van der Waals surface area contributed by atoms with Crippen LogP contribution in [0, 0.1) is 5.82 Å². The summed E-state index contributed by atoms with van der Waals surface area (Å²) >= 11 is 0. The van der Waals surface area contributed by atoms with E-state index in [1.54, 1.807) is 24.5 Å². The van der Waals surface area contributed by atoms with E-state index in [0.29, 0.717) is 5.90 Å². The lowest BCUT2D eigenvalue weighted by Crippen LogP contribution is -2.09. The molecule has 1 unspecified atom stereocenters. The number of hydrogen-bond donors (Lipinski definition) is 0. The number of aromatic nitrogens is 1. The van der Waals surface area contributed by atoms with Gasteiger partial charge in [0.25, 0.3) is 0 Å². The molecule has 24 heavy (non-hydrogen) atoms. The molecule has 4 heteroatoms. The summed E-state index contributed by atoms with van der Waals surface area (Å²) in [7, 11) is 0. The lowest BCUT2D eigenvalue weighted by molar-refractivity contribution is 0.197. The summed E-state index contributed by atoms with van der Waals surface area (Å²) in [5.41, 5.74) is 2.85. The first kappa shape index (κ1) is 14.6.